The number of aromatic nitrogens is 5. The Balaban J connectivity index is 1.81. The monoisotopic (exact) mass is 391 g/mol. The number of benzene rings is 1. The van der Waals surface area contributed by atoms with Crippen molar-refractivity contribution >= 4 is 11.6 Å². The van der Waals surface area contributed by atoms with Crippen LogP contribution in [0, 0.1) is 17.5 Å². The predicted molar refractivity (Wildman–Crippen MR) is 89.2 cm³/mol. The summed E-state index contributed by atoms with van der Waals surface area (Å²) in [4.78, 5) is 11.7. The molecule has 4 aromatic rings. The van der Waals surface area contributed by atoms with Crippen molar-refractivity contribution in [3.8, 4) is 23.1 Å². The van der Waals surface area contributed by atoms with Crippen LogP contribution in [0.2, 0.25) is 5.15 Å². The second kappa shape index (κ2) is 6.84. The third-order valence-electron chi connectivity index (χ3n) is 3.71. The molecule has 10 heteroatoms. The molecule has 1 aromatic carbocycles. The van der Waals surface area contributed by atoms with Gasteiger partial charge < -0.3 is 4.42 Å². The van der Waals surface area contributed by atoms with Crippen LogP contribution < -0.4 is 0 Å². The molecule has 0 bridgehead atoms. The van der Waals surface area contributed by atoms with Gasteiger partial charge in [0.05, 0.1) is 18.9 Å². The fourth-order valence-electron chi connectivity index (χ4n) is 2.47. The van der Waals surface area contributed by atoms with Crippen LogP contribution in [0.5, 0.6) is 0 Å². The van der Waals surface area contributed by atoms with Crippen molar-refractivity contribution in [2.45, 2.75) is 6.54 Å². The van der Waals surface area contributed by atoms with Crippen LogP contribution in [0.15, 0.2) is 47.3 Å². The van der Waals surface area contributed by atoms with E-state index in [0.29, 0.717) is 5.69 Å². The molecule has 0 aliphatic heterocycles. The zero-order chi connectivity index (χ0) is 19.0. The highest BCUT2D eigenvalue weighted by Gasteiger charge is 2.19. The van der Waals surface area contributed by atoms with E-state index in [1.165, 1.54) is 35.3 Å². The molecule has 136 valence electrons. The lowest BCUT2D eigenvalue weighted by Crippen LogP contribution is -2.07. The van der Waals surface area contributed by atoms with Gasteiger partial charge in [0, 0.05) is 11.6 Å². The predicted octanol–water partition coefficient (Wildman–Crippen LogP) is 4.11. The van der Waals surface area contributed by atoms with Crippen molar-refractivity contribution in [1.82, 2.24) is 24.7 Å². The van der Waals surface area contributed by atoms with E-state index in [9.17, 15) is 13.2 Å². The largest absolute Gasteiger partial charge is 0.443 e. The number of nitrogens with zero attached hydrogens (tertiary/aromatic N) is 5. The molecule has 3 heterocycles. The number of hydrogen-bond donors (Lipinski definition) is 0. The Bertz CT molecular complexity index is 1110. The number of oxazole rings is 1. The van der Waals surface area contributed by atoms with Crippen LogP contribution >= 0.6 is 11.6 Å². The molecule has 4 rings (SSSR count). The van der Waals surface area contributed by atoms with Gasteiger partial charge in [-0.25, -0.2) is 28.1 Å². The minimum atomic E-state index is -0.978. The minimum absolute atomic E-state index is 0.0627. The lowest BCUT2D eigenvalue weighted by Gasteiger charge is -2.07. The average Bonchev–Trinajstić information content (AvgIpc) is 3.31. The zero-order valence-electron chi connectivity index (χ0n) is 13.4. The van der Waals surface area contributed by atoms with Gasteiger partial charge in [-0.2, -0.15) is 5.10 Å². The van der Waals surface area contributed by atoms with Gasteiger partial charge in [0.1, 0.15) is 17.7 Å². The van der Waals surface area contributed by atoms with Gasteiger partial charge in [0.25, 0.3) is 0 Å². The first-order chi connectivity index (χ1) is 13.0. The number of halogens is 4. The number of hydrogen-bond acceptors (Lipinski definition) is 5. The highest BCUT2D eigenvalue weighted by atomic mass is 35.5. The van der Waals surface area contributed by atoms with Gasteiger partial charge in [-0.05, 0) is 6.07 Å². The minimum Gasteiger partial charge on any atom is -0.443 e. The molecule has 0 amide bonds. The van der Waals surface area contributed by atoms with E-state index in [1.54, 1.807) is 0 Å². The summed E-state index contributed by atoms with van der Waals surface area (Å²) >= 11 is 5.70. The summed E-state index contributed by atoms with van der Waals surface area (Å²) in [5.74, 6) is -2.44. The summed E-state index contributed by atoms with van der Waals surface area (Å²) in [6.45, 7) is -0.101. The molecule has 27 heavy (non-hydrogen) atoms. The van der Waals surface area contributed by atoms with Crippen LogP contribution in [0.1, 0.15) is 5.56 Å². The topological polar surface area (TPSA) is 69.6 Å². The summed E-state index contributed by atoms with van der Waals surface area (Å²) in [6.07, 6.45) is 3.71. The third kappa shape index (κ3) is 3.28. The van der Waals surface area contributed by atoms with Crippen LogP contribution in [-0.2, 0) is 6.54 Å². The molecule has 6 nitrogen and oxygen atoms in total. The highest BCUT2D eigenvalue weighted by Crippen LogP contribution is 2.26. The first-order valence-corrected chi connectivity index (χ1v) is 7.99. The summed E-state index contributed by atoms with van der Waals surface area (Å²) in [5.41, 5.74) is 0.695. The lowest BCUT2D eigenvalue weighted by atomic mass is 10.2. The van der Waals surface area contributed by atoms with Gasteiger partial charge in [-0.15, -0.1) is 0 Å². The fourth-order valence-corrected chi connectivity index (χ4v) is 2.60. The highest BCUT2D eigenvalue weighted by molar-refractivity contribution is 6.29. The van der Waals surface area contributed by atoms with E-state index in [0.717, 1.165) is 12.3 Å². The molecule has 3 aromatic heterocycles. The molecule has 0 saturated heterocycles. The number of rotatable bonds is 4. The molecule has 0 aliphatic carbocycles. The molecule has 0 spiro atoms. The van der Waals surface area contributed by atoms with E-state index >= 15 is 0 Å². The van der Waals surface area contributed by atoms with Crippen molar-refractivity contribution in [2.24, 2.45) is 0 Å². The third-order valence-corrected chi connectivity index (χ3v) is 3.98. The van der Waals surface area contributed by atoms with Gasteiger partial charge >= 0.3 is 0 Å². The molecule has 0 aliphatic rings. The van der Waals surface area contributed by atoms with Crippen molar-refractivity contribution in [3.05, 3.63) is 71.1 Å². The van der Waals surface area contributed by atoms with Gasteiger partial charge in [0.2, 0.25) is 5.89 Å². The van der Waals surface area contributed by atoms with Crippen molar-refractivity contribution in [1.29, 1.82) is 0 Å². The second-order valence-electron chi connectivity index (χ2n) is 5.46. The molecule has 0 N–H and O–H groups in total. The zero-order valence-corrected chi connectivity index (χ0v) is 14.2. The average molecular weight is 392 g/mol. The summed E-state index contributed by atoms with van der Waals surface area (Å²) in [6, 6.07) is 5.39. The van der Waals surface area contributed by atoms with Gasteiger partial charge in [-0.1, -0.05) is 23.7 Å². The smallest absolute Gasteiger partial charge is 0.244 e. The Morgan fingerprint density at radius 1 is 1.11 bits per heavy atom. The standard InChI is InChI=1S/C17H9ClF3N5O/c18-15-11(20)7-23-16(24-15)12-6-13(17-22-4-5-27-17)26(25-12)8-9-2-1-3-10(19)14(9)21/h1-7H,8H2. The normalized spacial score (nSPS) is 11.1. The molecular weight excluding hydrogens is 383 g/mol. The van der Waals surface area contributed by atoms with Gasteiger partial charge in [-0.3, -0.25) is 4.68 Å². The lowest BCUT2D eigenvalue weighted by molar-refractivity contribution is 0.491. The van der Waals surface area contributed by atoms with E-state index in [2.05, 4.69) is 20.1 Å². The van der Waals surface area contributed by atoms with Crippen molar-refractivity contribution in [3.63, 3.8) is 0 Å². The van der Waals surface area contributed by atoms with E-state index < -0.39 is 17.5 Å². The Morgan fingerprint density at radius 2 is 1.96 bits per heavy atom. The molecule has 0 fully saturated rings. The fraction of sp³-hybridized carbons (Fsp3) is 0.0588. The van der Waals surface area contributed by atoms with E-state index in [4.69, 9.17) is 16.0 Å². The van der Waals surface area contributed by atoms with Gasteiger partial charge in [0.15, 0.2) is 28.4 Å². The molecular formula is C17H9ClF3N5O. The maximum atomic E-state index is 14.0. The maximum absolute atomic E-state index is 14.0. The van der Waals surface area contributed by atoms with E-state index in [-0.39, 0.29) is 34.7 Å². The first-order valence-electron chi connectivity index (χ1n) is 7.62. The van der Waals surface area contributed by atoms with Crippen molar-refractivity contribution < 1.29 is 17.6 Å². The first kappa shape index (κ1) is 17.2. The molecule has 0 radical (unpaired) electrons. The van der Waals surface area contributed by atoms with Crippen LogP contribution in [0.4, 0.5) is 13.2 Å². The maximum Gasteiger partial charge on any atom is 0.244 e. The van der Waals surface area contributed by atoms with Crippen LogP contribution in [0.25, 0.3) is 23.1 Å². The second-order valence-corrected chi connectivity index (χ2v) is 5.81. The SMILES string of the molecule is Fc1cnc(-c2cc(-c3ncco3)n(Cc3cccc(F)c3F)n2)nc1Cl. The Labute approximate surface area is 155 Å². The Morgan fingerprint density at radius 3 is 2.70 bits per heavy atom. The molecule has 0 atom stereocenters. The Hall–Kier alpha value is -3.20. The summed E-state index contributed by atoms with van der Waals surface area (Å²) in [7, 11) is 0. The summed E-state index contributed by atoms with van der Waals surface area (Å²) in [5, 5.41) is 3.94. The molecule has 0 unspecified atom stereocenters. The summed E-state index contributed by atoms with van der Waals surface area (Å²) < 4.78 is 47.5. The van der Waals surface area contributed by atoms with Crippen molar-refractivity contribution in [2.75, 3.05) is 0 Å². The van der Waals surface area contributed by atoms with E-state index in [1.807, 2.05) is 0 Å². The Kier molecular flexibility index (Phi) is 4.36. The quantitative estimate of drug-likeness (QED) is 0.489. The van der Waals surface area contributed by atoms with Crippen LogP contribution in [0.3, 0.4) is 0 Å². The molecule has 0 saturated carbocycles. The van der Waals surface area contributed by atoms with Crippen LogP contribution in [-0.4, -0.2) is 24.7 Å².